The van der Waals surface area contributed by atoms with Crippen LogP contribution in [0, 0.1) is 0 Å². The Bertz CT molecular complexity index is 692. The highest BCUT2D eigenvalue weighted by Gasteiger charge is 2.05. The zero-order valence-corrected chi connectivity index (χ0v) is 14.5. The first kappa shape index (κ1) is 19.5. The van der Waals surface area contributed by atoms with Crippen molar-refractivity contribution in [3.63, 3.8) is 0 Å². The smallest absolute Gasteiger partial charge is 0.257 e. The molecule has 0 aliphatic rings. The molecule has 6 N–H and O–H groups in total. The lowest BCUT2D eigenvalue weighted by atomic mass is 10.1. The number of hydrogen-bond acceptors (Lipinski definition) is 6. The highest BCUT2D eigenvalue weighted by atomic mass is 16.5. The quantitative estimate of drug-likeness (QED) is 0.462. The van der Waals surface area contributed by atoms with Gasteiger partial charge >= 0.3 is 0 Å². The van der Waals surface area contributed by atoms with Crippen LogP contribution >= 0.6 is 0 Å². The molecule has 0 aliphatic heterocycles. The minimum atomic E-state index is -0.226. The minimum Gasteiger partial charge on any atom is -0.484 e. The van der Waals surface area contributed by atoms with Crippen molar-refractivity contribution >= 4 is 22.6 Å². The van der Waals surface area contributed by atoms with Crippen molar-refractivity contribution in [3.8, 4) is 11.5 Å². The van der Waals surface area contributed by atoms with Gasteiger partial charge in [0.05, 0.1) is 0 Å². The van der Waals surface area contributed by atoms with Crippen molar-refractivity contribution in [2.75, 3.05) is 39.4 Å². The molecule has 0 saturated carbocycles. The van der Waals surface area contributed by atoms with Crippen LogP contribution in [0.15, 0.2) is 36.4 Å². The molecule has 0 aliphatic carbocycles. The van der Waals surface area contributed by atoms with Crippen LogP contribution in [0.5, 0.6) is 11.5 Å². The monoisotopic (exact) mass is 360 g/mol. The Kier molecular flexibility index (Phi) is 7.66. The first-order valence-corrected chi connectivity index (χ1v) is 8.35. The van der Waals surface area contributed by atoms with Crippen LogP contribution in [0.25, 0.3) is 10.8 Å². The second-order valence-electron chi connectivity index (χ2n) is 5.53. The summed E-state index contributed by atoms with van der Waals surface area (Å²) in [6, 6.07) is 11.0. The van der Waals surface area contributed by atoms with Gasteiger partial charge in [-0.05, 0) is 35.0 Å². The van der Waals surface area contributed by atoms with E-state index in [-0.39, 0.29) is 25.0 Å². The summed E-state index contributed by atoms with van der Waals surface area (Å²) in [6.07, 6.45) is 0. The van der Waals surface area contributed by atoms with Crippen LogP contribution in [0.2, 0.25) is 0 Å². The molecular formula is C18H24N4O4. The van der Waals surface area contributed by atoms with E-state index in [0.29, 0.717) is 37.7 Å². The standard InChI is InChI=1S/C18H24N4O4/c19-5-7-21-17(23)11-25-15-3-1-13-2-4-16(10-14(13)9-15)26-12-18(24)22-8-6-20/h1-4,9-10H,5-8,11-12,19-20H2,(H,21,23)(H,22,24). The molecule has 0 unspecified atom stereocenters. The number of carbonyl (C=O) groups is 2. The Balaban J connectivity index is 1.96. The second kappa shape index (κ2) is 10.2. The van der Waals surface area contributed by atoms with E-state index in [9.17, 15) is 9.59 Å². The average Bonchev–Trinajstić information content (AvgIpc) is 2.67. The Morgan fingerprint density at radius 3 is 1.65 bits per heavy atom. The third-order valence-corrected chi connectivity index (χ3v) is 3.46. The topological polar surface area (TPSA) is 129 Å². The second-order valence-corrected chi connectivity index (χ2v) is 5.53. The van der Waals surface area contributed by atoms with E-state index in [4.69, 9.17) is 20.9 Å². The fourth-order valence-electron chi connectivity index (χ4n) is 2.21. The van der Waals surface area contributed by atoms with Gasteiger partial charge in [-0.1, -0.05) is 12.1 Å². The molecule has 2 aromatic carbocycles. The molecule has 2 aromatic rings. The summed E-state index contributed by atoms with van der Waals surface area (Å²) < 4.78 is 11.0. The van der Waals surface area contributed by atoms with Crippen LogP contribution in [0.1, 0.15) is 0 Å². The van der Waals surface area contributed by atoms with Gasteiger partial charge in [0, 0.05) is 26.2 Å². The maximum absolute atomic E-state index is 11.6. The van der Waals surface area contributed by atoms with Gasteiger partial charge in [-0.15, -0.1) is 0 Å². The van der Waals surface area contributed by atoms with Crippen LogP contribution in [-0.4, -0.2) is 51.2 Å². The van der Waals surface area contributed by atoms with Crippen molar-refractivity contribution in [2.45, 2.75) is 0 Å². The van der Waals surface area contributed by atoms with Gasteiger partial charge in [0.2, 0.25) is 0 Å². The van der Waals surface area contributed by atoms with Crippen molar-refractivity contribution in [2.24, 2.45) is 11.5 Å². The molecule has 0 radical (unpaired) electrons. The summed E-state index contributed by atoms with van der Waals surface area (Å²) in [6.45, 7) is 1.44. The molecule has 8 nitrogen and oxygen atoms in total. The third kappa shape index (κ3) is 6.23. The van der Waals surface area contributed by atoms with Crippen molar-refractivity contribution in [3.05, 3.63) is 36.4 Å². The first-order chi connectivity index (χ1) is 12.6. The number of carbonyl (C=O) groups excluding carboxylic acids is 2. The predicted octanol–water partition coefficient (Wildman–Crippen LogP) is -0.253. The number of ether oxygens (including phenoxy) is 2. The fourth-order valence-corrected chi connectivity index (χ4v) is 2.21. The van der Waals surface area contributed by atoms with Gasteiger partial charge in [-0.25, -0.2) is 0 Å². The van der Waals surface area contributed by atoms with Crippen molar-refractivity contribution in [1.29, 1.82) is 0 Å². The molecule has 2 amide bonds. The third-order valence-electron chi connectivity index (χ3n) is 3.46. The van der Waals surface area contributed by atoms with E-state index in [0.717, 1.165) is 10.8 Å². The molecule has 0 fully saturated rings. The summed E-state index contributed by atoms with van der Waals surface area (Å²) in [5.74, 6) is 0.684. The molecule has 2 rings (SSSR count). The Morgan fingerprint density at radius 2 is 1.23 bits per heavy atom. The van der Waals surface area contributed by atoms with E-state index in [2.05, 4.69) is 10.6 Å². The van der Waals surface area contributed by atoms with E-state index in [1.165, 1.54) is 0 Å². The maximum Gasteiger partial charge on any atom is 0.257 e. The maximum atomic E-state index is 11.6. The predicted molar refractivity (Wildman–Crippen MR) is 99.1 cm³/mol. The molecular weight excluding hydrogens is 336 g/mol. The number of benzene rings is 2. The summed E-state index contributed by atoms with van der Waals surface area (Å²) in [7, 11) is 0. The van der Waals surface area contributed by atoms with Gasteiger partial charge in [-0.2, -0.15) is 0 Å². The molecule has 0 bridgehead atoms. The Labute approximate surface area is 151 Å². The molecule has 0 saturated heterocycles. The van der Waals surface area contributed by atoms with Crippen LogP contribution in [0.4, 0.5) is 0 Å². The fraction of sp³-hybridized carbons (Fsp3) is 0.333. The van der Waals surface area contributed by atoms with Crippen molar-refractivity contribution in [1.82, 2.24) is 10.6 Å². The number of fused-ring (bicyclic) bond motifs is 1. The van der Waals surface area contributed by atoms with Crippen LogP contribution in [0.3, 0.4) is 0 Å². The lowest BCUT2D eigenvalue weighted by molar-refractivity contribution is -0.123. The van der Waals surface area contributed by atoms with Gasteiger partial charge in [0.1, 0.15) is 11.5 Å². The zero-order chi connectivity index (χ0) is 18.8. The summed E-state index contributed by atoms with van der Waals surface area (Å²) in [5, 5.41) is 7.14. The van der Waals surface area contributed by atoms with Gasteiger partial charge in [-0.3, -0.25) is 9.59 Å². The lowest BCUT2D eigenvalue weighted by Gasteiger charge is -2.10. The number of nitrogens with one attached hydrogen (secondary N) is 2. The van der Waals surface area contributed by atoms with Crippen LogP contribution in [-0.2, 0) is 9.59 Å². The van der Waals surface area contributed by atoms with Crippen molar-refractivity contribution < 1.29 is 19.1 Å². The van der Waals surface area contributed by atoms with Gasteiger partial charge in [0.25, 0.3) is 11.8 Å². The van der Waals surface area contributed by atoms with Gasteiger partial charge in [0.15, 0.2) is 13.2 Å². The first-order valence-electron chi connectivity index (χ1n) is 8.35. The Hall–Kier alpha value is -2.84. The van der Waals surface area contributed by atoms with E-state index in [1.807, 2.05) is 24.3 Å². The van der Waals surface area contributed by atoms with E-state index < -0.39 is 0 Å². The molecule has 0 atom stereocenters. The van der Waals surface area contributed by atoms with Gasteiger partial charge < -0.3 is 31.6 Å². The average molecular weight is 360 g/mol. The molecule has 26 heavy (non-hydrogen) atoms. The summed E-state index contributed by atoms with van der Waals surface area (Å²) >= 11 is 0. The highest BCUT2D eigenvalue weighted by molar-refractivity contribution is 5.85. The largest absolute Gasteiger partial charge is 0.484 e. The van der Waals surface area contributed by atoms with E-state index in [1.54, 1.807) is 12.1 Å². The SMILES string of the molecule is NCCNC(=O)COc1ccc2ccc(OCC(=O)NCCN)cc2c1. The number of amides is 2. The minimum absolute atomic E-state index is 0.0803. The lowest BCUT2D eigenvalue weighted by Crippen LogP contribution is -2.32. The normalized spacial score (nSPS) is 10.4. The molecule has 0 aromatic heterocycles. The Morgan fingerprint density at radius 1 is 0.769 bits per heavy atom. The zero-order valence-electron chi connectivity index (χ0n) is 14.5. The number of rotatable bonds is 10. The number of nitrogens with two attached hydrogens (primary N) is 2. The highest BCUT2D eigenvalue weighted by Crippen LogP contribution is 2.25. The summed E-state index contributed by atoms with van der Waals surface area (Å²) in [4.78, 5) is 23.1. The van der Waals surface area contributed by atoms with E-state index >= 15 is 0 Å². The molecule has 8 heteroatoms. The number of hydrogen-bond donors (Lipinski definition) is 4. The molecule has 0 heterocycles. The van der Waals surface area contributed by atoms with Crippen LogP contribution < -0.4 is 31.6 Å². The summed E-state index contributed by atoms with van der Waals surface area (Å²) in [5.41, 5.74) is 10.7. The molecule has 0 spiro atoms. The molecule has 140 valence electrons.